The van der Waals surface area contributed by atoms with E-state index >= 15 is 0 Å². The fourth-order valence-corrected chi connectivity index (χ4v) is 3.08. The summed E-state index contributed by atoms with van der Waals surface area (Å²) in [5, 5.41) is 1.99. The Balaban J connectivity index is 1.51. The number of oxazole rings is 1. The fourth-order valence-electron chi connectivity index (χ4n) is 2.43. The topological polar surface area (TPSA) is 53.1 Å². The van der Waals surface area contributed by atoms with E-state index in [2.05, 4.69) is 16.5 Å². The number of benzene rings is 1. The van der Waals surface area contributed by atoms with Gasteiger partial charge in [-0.2, -0.15) is 0 Å². The molecular weight excluding hydrogens is 334 g/mol. The van der Waals surface area contributed by atoms with Gasteiger partial charge in [0.15, 0.2) is 0 Å². The molecule has 0 spiro atoms. The second kappa shape index (κ2) is 6.78. The molecule has 0 bridgehead atoms. The number of rotatable bonds is 6. The molecule has 1 aromatic carbocycles. The minimum absolute atomic E-state index is 0.323. The van der Waals surface area contributed by atoms with Crippen LogP contribution in [0.15, 0.2) is 77.8 Å². The number of nitrogens with zero attached hydrogens (tertiary/aromatic N) is 3. The molecule has 5 nitrogen and oxygen atoms in total. The molecule has 0 aliphatic heterocycles. The zero-order chi connectivity index (χ0) is 17.1. The maximum atomic E-state index is 5.96. The minimum Gasteiger partial charge on any atom is -0.486 e. The summed E-state index contributed by atoms with van der Waals surface area (Å²) >= 11 is 1.59. The van der Waals surface area contributed by atoms with Crippen LogP contribution in [-0.4, -0.2) is 14.5 Å². The Morgan fingerprint density at radius 1 is 1.24 bits per heavy atom. The van der Waals surface area contributed by atoms with Crippen molar-refractivity contribution in [3.8, 4) is 16.5 Å². The lowest BCUT2D eigenvalue weighted by Crippen LogP contribution is -2.01. The highest BCUT2D eigenvalue weighted by Crippen LogP contribution is 2.27. The summed E-state index contributed by atoms with van der Waals surface area (Å²) in [6.45, 7) is 4.45. The number of aromatic nitrogens is 3. The van der Waals surface area contributed by atoms with Gasteiger partial charge in [-0.3, -0.25) is 0 Å². The molecule has 25 heavy (non-hydrogen) atoms. The van der Waals surface area contributed by atoms with Crippen LogP contribution in [0.4, 0.5) is 0 Å². The van der Waals surface area contributed by atoms with Crippen LogP contribution in [0.2, 0.25) is 0 Å². The normalized spacial score (nSPS) is 10.7. The number of ether oxygens (including phenoxy) is 1. The molecule has 0 saturated carbocycles. The van der Waals surface area contributed by atoms with Crippen LogP contribution in [0.1, 0.15) is 11.3 Å². The van der Waals surface area contributed by atoms with Gasteiger partial charge in [0.25, 0.3) is 0 Å². The second-order valence-corrected chi connectivity index (χ2v) is 6.27. The second-order valence-electron chi connectivity index (χ2n) is 5.32. The summed E-state index contributed by atoms with van der Waals surface area (Å²) in [5.74, 6) is 1.35. The van der Waals surface area contributed by atoms with Crippen molar-refractivity contribution in [1.29, 1.82) is 0 Å². The summed E-state index contributed by atoms with van der Waals surface area (Å²) in [4.78, 5) is 9.53. The van der Waals surface area contributed by atoms with Crippen LogP contribution in [0.3, 0.4) is 0 Å². The van der Waals surface area contributed by atoms with Gasteiger partial charge in [0.2, 0.25) is 5.89 Å². The first kappa shape index (κ1) is 15.4. The lowest BCUT2D eigenvalue weighted by molar-refractivity contribution is 0.300. The molecule has 0 atom stereocenters. The maximum Gasteiger partial charge on any atom is 0.236 e. The molecule has 0 saturated heterocycles. The number of para-hydroxylation sites is 1. The Morgan fingerprint density at radius 2 is 2.16 bits per heavy atom. The molecule has 0 unspecified atom stereocenters. The van der Waals surface area contributed by atoms with Gasteiger partial charge < -0.3 is 13.7 Å². The standard InChI is InChI=1S/C19H15N3O2S/c1-14(22-9-8-20-13-22)16-5-2-3-6-17(16)23-11-15-12-24-19(21-15)18-7-4-10-25-18/h2-10,12-13H,1,11H2. The Hall–Kier alpha value is -3.12. The van der Waals surface area contributed by atoms with Crippen LogP contribution >= 0.6 is 11.3 Å². The molecule has 0 radical (unpaired) electrons. The molecule has 0 amide bonds. The van der Waals surface area contributed by atoms with E-state index in [1.807, 2.05) is 52.5 Å². The van der Waals surface area contributed by atoms with Crippen LogP contribution in [-0.2, 0) is 6.61 Å². The largest absolute Gasteiger partial charge is 0.486 e. The summed E-state index contributed by atoms with van der Waals surface area (Å²) in [6, 6.07) is 11.7. The van der Waals surface area contributed by atoms with Crippen LogP contribution in [0.5, 0.6) is 5.75 Å². The average molecular weight is 349 g/mol. The third-order valence-electron chi connectivity index (χ3n) is 3.67. The van der Waals surface area contributed by atoms with Crippen molar-refractivity contribution >= 4 is 17.0 Å². The van der Waals surface area contributed by atoms with E-state index in [4.69, 9.17) is 9.15 Å². The van der Waals surface area contributed by atoms with Crippen LogP contribution in [0, 0.1) is 0 Å². The predicted octanol–water partition coefficient (Wildman–Crippen LogP) is 4.70. The van der Waals surface area contributed by atoms with Gasteiger partial charge >= 0.3 is 0 Å². The van der Waals surface area contributed by atoms with E-state index in [0.29, 0.717) is 12.5 Å². The summed E-state index contributed by atoms with van der Waals surface area (Å²) in [6.07, 6.45) is 6.91. The van der Waals surface area contributed by atoms with Crippen LogP contribution in [0.25, 0.3) is 16.5 Å². The zero-order valence-corrected chi connectivity index (χ0v) is 14.1. The van der Waals surface area contributed by atoms with Crippen molar-refractivity contribution in [2.45, 2.75) is 6.61 Å². The summed E-state index contributed by atoms with van der Waals surface area (Å²) < 4.78 is 13.3. The van der Waals surface area contributed by atoms with Gasteiger partial charge in [0.05, 0.1) is 16.9 Å². The molecule has 0 N–H and O–H groups in total. The maximum absolute atomic E-state index is 5.96. The molecule has 3 aromatic heterocycles. The SMILES string of the molecule is C=C(c1ccccc1OCc1coc(-c2cccs2)n1)n1ccnc1. The predicted molar refractivity (Wildman–Crippen MR) is 97.2 cm³/mol. The van der Waals surface area contributed by atoms with E-state index in [9.17, 15) is 0 Å². The molecular formula is C19H15N3O2S. The van der Waals surface area contributed by atoms with Crippen molar-refractivity contribution in [2.24, 2.45) is 0 Å². The highest BCUT2D eigenvalue weighted by molar-refractivity contribution is 7.13. The zero-order valence-electron chi connectivity index (χ0n) is 13.3. The highest BCUT2D eigenvalue weighted by Gasteiger charge is 2.11. The van der Waals surface area contributed by atoms with Crippen molar-refractivity contribution < 1.29 is 9.15 Å². The molecule has 4 rings (SSSR count). The molecule has 6 heteroatoms. The van der Waals surface area contributed by atoms with E-state index < -0.39 is 0 Å². The third kappa shape index (κ3) is 3.25. The molecule has 124 valence electrons. The third-order valence-corrected chi connectivity index (χ3v) is 4.53. The summed E-state index contributed by atoms with van der Waals surface area (Å²) in [5.41, 5.74) is 2.45. The highest BCUT2D eigenvalue weighted by atomic mass is 32.1. The van der Waals surface area contributed by atoms with E-state index in [0.717, 1.165) is 27.6 Å². The number of hydrogen-bond donors (Lipinski definition) is 0. The molecule has 0 aliphatic carbocycles. The molecule has 0 fully saturated rings. The molecule has 3 heterocycles. The Bertz CT molecular complexity index is 972. The monoisotopic (exact) mass is 349 g/mol. The van der Waals surface area contributed by atoms with Gasteiger partial charge in [-0.15, -0.1) is 11.3 Å². The first-order valence-electron chi connectivity index (χ1n) is 7.69. The van der Waals surface area contributed by atoms with Gasteiger partial charge in [-0.1, -0.05) is 24.8 Å². The first-order valence-corrected chi connectivity index (χ1v) is 8.57. The Labute approximate surface area is 148 Å². The fraction of sp³-hybridized carbons (Fsp3) is 0.0526. The number of imidazole rings is 1. The number of hydrogen-bond acceptors (Lipinski definition) is 5. The average Bonchev–Trinajstić information content (AvgIpc) is 3.41. The van der Waals surface area contributed by atoms with E-state index in [-0.39, 0.29) is 0 Å². The minimum atomic E-state index is 0.323. The molecule has 0 aliphatic rings. The quantitative estimate of drug-likeness (QED) is 0.506. The smallest absolute Gasteiger partial charge is 0.236 e. The van der Waals surface area contributed by atoms with Gasteiger partial charge in [-0.25, -0.2) is 9.97 Å². The van der Waals surface area contributed by atoms with Gasteiger partial charge in [-0.05, 0) is 23.6 Å². The van der Waals surface area contributed by atoms with Crippen molar-refractivity contribution in [1.82, 2.24) is 14.5 Å². The Kier molecular flexibility index (Phi) is 4.18. The Morgan fingerprint density at radius 3 is 2.96 bits per heavy atom. The van der Waals surface area contributed by atoms with E-state index in [1.54, 1.807) is 30.1 Å². The van der Waals surface area contributed by atoms with Crippen molar-refractivity contribution in [2.75, 3.05) is 0 Å². The van der Waals surface area contributed by atoms with Crippen LogP contribution < -0.4 is 4.74 Å². The summed E-state index contributed by atoms with van der Waals surface area (Å²) in [7, 11) is 0. The molecule has 4 aromatic rings. The lowest BCUT2D eigenvalue weighted by Gasteiger charge is -2.13. The van der Waals surface area contributed by atoms with Gasteiger partial charge in [0.1, 0.15) is 24.3 Å². The van der Waals surface area contributed by atoms with E-state index in [1.165, 1.54) is 0 Å². The van der Waals surface area contributed by atoms with Crippen molar-refractivity contribution in [3.05, 3.63) is 84.6 Å². The van der Waals surface area contributed by atoms with Crippen molar-refractivity contribution in [3.63, 3.8) is 0 Å². The number of thiophene rings is 1. The van der Waals surface area contributed by atoms with Gasteiger partial charge in [0, 0.05) is 18.0 Å². The lowest BCUT2D eigenvalue weighted by atomic mass is 10.1. The first-order chi connectivity index (χ1) is 12.3.